The smallest absolute Gasteiger partial charge is 0.122 e. The first-order chi connectivity index (χ1) is 8.20. The molecule has 1 saturated heterocycles. The van der Waals surface area contributed by atoms with Gasteiger partial charge in [0.25, 0.3) is 0 Å². The highest BCUT2D eigenvalue weighted by Crippen LogP contribution is 2.25. The van der Waals surface area contributed by atoms with E-state index in [2.05, 4.69) is 21.2 Å². The summed E-state index contributed by atoms with van der Waals surface area (Å²) in [5.74, 6) is 0.838. The lowest BCUT2D eigenvalue weighted by molar-refractivity contribution is 0.135. The molecule has 4 heteroatoms. The summed E-state index contributed by atoms with van der Waals surface area (Å²) < 4.78 is 6.33. The van der Waals surface area contributed by atoms with Crippen LogP contribution >= 0.6 is 15.9 Å². The molecule has 1 aromatic carbocycles. The number of aliphatic hydroxyl groups is 1. The van der Waals surface area contributed by atoms with Crippen LogP contribution in [0.25, 0.3) is 0 Å². The van der Waals surface area contributed by atoms with Gasteiger partial charge in [0.15, 0.2) is 0 Å². The lowest BCUT2D eigenvalue weighted by Gasteiger charge is -2.19. The number of methoxy groups -OCH3 is 1. The van der Waals surface area contributed by atoms with Crippen LogP contribution in [0.2, 0.25) is 0 Å². The Morgan fingerprint density at radius 1 is 1.59 bits per heavy atom. The van der Waals surface area contributed by atoms with Gasteiger partial charge in [-0.25, -0.2) is 0 Å². The van der Waals surface area contributed by atoms with E-state index in [0.717, 1.165) is 35.2 Å². The molecular formula is C13H18BrNO2. The fourth-order valence-electron chi connectivity index (χ4n) is 2.31. The van der Waals surface area contributed by atoms with Crippen LogP contribution in [0.15, 0.2) is 22.7 Å². The molecular weight excluding hydrogens is 282 g/mol. The van der Waals surface area contributed by atoms with E-state index in [1.165, 1.54) is 0 Å². The average molecular weight is 300 g/mol. The van der Waals surface area contributed by atoms with Gasteiger partial charge in [-0.1, -0.05) is 15.9 Å². The van der Waals surface area contributed by atoms with Crippen molar-refractivity contribution in [3.63, 3.8) is 0 Å². The number of benzene rings is 1. The van der Waals surface area contributed by atoms with Crippen LogP contribution in [-0.2, 0) is 6.42 Å². The van der Waals surface area contributed by atoms with Gasteiger partial charge in [0.2, 0.25) is 0 Å². The summed E-state index contributed by atoms with van der Waals surface area (Å²) in [5.41, 5.74) is 1.04. The maximum atomic E-state index is 10.2. The van der Waals surface area contributed by atoms with Gasteiger partial charge < -0.3 is 15.2 Å². The molecule has 1 aromatic rings. The molecule has 1 heterocycles. The molecule has 0 bridgehead atoms. The number of hydrogen-bond acceptors (Lipinski definition) is 3. The lowest BCUT2D eigenvalue weighted by Crippen LogP contribution is -2.36. The first kappa shape index (κ1) is 12.9. The summed E-state index contributed by atoms with van der Waals surface area (Å²) >= 11 is 3.45. The van der Waals surface area contributed by atoms with Crippen LogP contribution in [0.5, 0.6) is 5.75 Å². The zero-order valence-electron chi connectivity index (χ0n) is 9.95. The minimum absolute atomic E-state index is 0.221. The Morgan fingerprint density at radius 3 is 3.06 bits per heavy atom. The first-order valence-corrected chi connectivity index (χ1v) is 6.74. The van der Waals surface area contributed by atoms with Gasteiger partial charge in [-0.15, -0.1) is 0 Å². The lowest BCUT2D eigenvalue weighted by atomic mass is 10.0. The highest BCUT2D eigenvalue weighted by molar-refractivity contribution is 9.10. The maximum absolute atomic E-state index is 10.2. The van der Waals surface area contributed by atoms with Crippen molar-refractivity contribution >= 4 is 15.9 Å². The number of halogens is 1. The van der Waals surface area contributed by atoms with Crippen LogP contribution < -0.4 is 10.1 Å². The minimum atomic E-state index is -0.347. The number of hydrogen-bond donors (Lipinski definition) is 2. The van der Waals surface area contributed by atoms with E-state index in [9.17, 15) is 5.11 Å². The van der Waals surface area contributed by atoms with Crippen LogP contribution in [0, 0.1) is 0 Å². The van der Waals surface area contributed by atoms with Gasteiger partial charge in [0.1, 0.15) is 5.75 Å². The normalized spacial score (nSPS) is 21.5. The van der Waals surface area contributed by atoms with E-state index >= 15 is 0 Å². The van der Waals surface area contributed by atoms with Crippen molar-refractivity contribution in [1.82, 2.24) is 5.32 Å². The van der Waals surface area contributed by atoms with Crippen molar-refractivity contribution < 1.29 is 9.84 Å². The predicted octanol–water partition coefficient (Wildman–Crippen LogP) is 2.11. The second-order valence-corrected chi connectivity index (χ2v) is 5.35. The third-order valence-electron chi connectivity index (χ3n) is 3.23. The molecule has 0 saturated carbocycles. The zero-order chi connectivity index (χ0) is 12.3. The topological polar surface area (TPSA) is 41.5 Å². The largest absolute Gasteiger partial charge is 0.496 e. The molecule has 1 aliphatic rings. The Balaban J connectivity index is 2.08. The number of nitrogens with one attached hydrogen (secondary N) is 1. The summed E-state index contributed by atoms with van der Waals surface area (Å²) in [5, 5.41) is 13.5. The standard InChI is InChI=1S/C13H18BrNO2/c1-17-13-5-4-10(14)7-9(13)8-12(16)11-3-2-6-15-11/h4-5,7,11-12,15-16H,2-3,6,8H2,1H3. The predicted molar refractivity (Wildman–Crippen MR) is 71.4 cm³/mol. The van der Waals surface area contributed by atoms with Crippen molar-refractivity contribution in [2.75, 3.05) is 13.7 Å². The minimum Gasteiger partial charge on any atom is -0.496 e. The molecule has 0 aliphatic carbocycles. The van der Waals surface area contributed by atoms with Crippen molar-refractivity contribution in [1.29, 1.82) is 0 Å². The van der Waals surface area contributed by atoms with E-state index in [1.807, 2.05) is 18.2 Å². The van der Waals surface area contributed by atoms with Gasteiger partial charge >= 0.3 is 0 Å². The summed E-state index contributed by atoms with van der Waals surface area (Å²) in [6, 6.07) is 6.10. The van der Waals surface area contributed by atoms with E-state index in [0.29, 0.717) is 6.42 Å². The quantitative estimate of drug-likeness (QED) is 0.895. The third kappa shape index (κ3) is 3.21. The molecule has 2 unspecified atom stereocenters. The second-order valence-electron chi connectivity index (χ2n) is 4.43. The first-order valence-electron chi connectivity index (χ1n) is 5.94. The molecule has 3 nitrogen and oxygen atoms in total. The molecule has 0 amide bonds. The highest BCUT2D eigenvalue weighted by Gasteiger charge is 2.23. The van der Waals surface area contributed by atoms with Crippen molar-refractivity contribution in [3.05, 3.63) is 28.2 Å². The van der Waals surface area contributed by atoms with Gasteiger partial charge in [-0.2, -0.15) is 0 Å². The molecule has 1 aliphatic heterocycles. The zero-order valence-corrected chi connectivity index (χ0v) is 11.5. The number of ether oxygens (including phenoxy) is 1. The van der Waals surface area contributed by atoms with E-state index in [4.69, 9.17) is 4.74 Å². The molecule has 94 valence electrons. The molecule has 2 atom stereocenters. The second kappa shape index (κ2) is 5.85. The van der Waals surface area contributed by atoms with Crippen LogP contribution in [0.4, 0.5) is 0 Å². The molecule has 2 N–H and O–H groups in total. The summed E-state index contributed by atoms with van der Waals surface area (Å²) in [6.07, 6.45) is 2.48. The van der Waals surface area contributed by atoms with E-state index in [1.54, 1.807) is 7.11 Å². The van der Waals surface area contributed by atoms with Crippen LogP contribution in [-0.4, -0.2) is 30.9 Å². The molecule has 2 rings (SSSR count). The molecule has 0 radical (unpaired) electrons. The molecule has 17 heavy (non-hydrogen) atoms. The molecule has 0 aromatic heterocycles. The monoisotopic (exact) mass is 299 g/mol. The number of rotatable bonds is 4. The summed E-state index contributed by atoms with van der Waals surface area (Å²) in [6.45, 7) is 1.01. The van der Waals surface area contributed by atoms with E-state index in [-0.39, 0.29) is 12.1 Å². The Hall–Kier alpha value is -0.580. The SMILES string of the molecule is COc1ccc(Br)cc1CC(O)C1CCCN1. The fraction of sp³-hybridized carbons (Fsp3) is 0.538. The maximum Gasteiger partial charge on any atom is 0.122 e. The highest BCUT2D eigenvalue weighted by atomic mass is 79.9. The Labute approximate surface area is 110 Å². The van der Waals surface area contributed by atoms with Crippen LogP contribution in [0.1, 0.15) is 18.4 Å². The summed E-state index contributed by atoms with van der Waals surface area (Å²) in [7, 11) is 1.66. The van der Waals surface area contributed by atoms with Gasteiger partial charge in [-0.3, -0.25) is 0 Å². The van der Waals surface area contributed by atoms with Crippen LogP contribution in [0.3, 0.4) is 0 Å². The Morgan fingerprint density at radius 2 is 2.41 bits per heavy atom. The van der Waals surface area contributed by atoms with E-state index < -0.39 is 0 Å². The average Bonchev–Trinajstić information content (AvgIpc) is 2.83. The number of aliphatic hydroxyl groups excluding tert-OH is 1. The van der Waals surface area contributed by atoms with Crippen molar-refractivity contribution in [3.8, 4) is 5.75 Å². The van der Waals surface area contributed by atoms with Crippen molar-refractivity contribution in [2.24, 2.45) is 0 Å². The van der Waals surface area contributed by atoms with Gasteiger partial charge in [-0.05, 0) is 43.1 Å². The fourth-order valence-corrected chi connectivity index (χ4v) is 2.72. The van der Waals surface area contributed by atoms with Gasteiger partial charge in [0.05, 0.1) is 13.2 Å². The molecule has 0 spiro atoms. The summed E-state index contributed by atoms with van der Waals surface area (Å²) in [4.78, 5) is 0. The Bertz CT molecular complexity index is 378. The van der Waals surface area contributed by atoms with Crippen molar-refractivity contribution in [2.45, 2.75) is 31.4 Å². The molecule has 1 fully saturated rings. The van der Waals surface area contributed by atoms with Gasteiger partial charge in [0, 0.05) is 16.9 Å². The third-order valence-corrected chi connectivity index (χ3v) is 3.73. The Kier molecular flexibility index (Phi) is 4.42.